The van der Waals surface area contributed by atoms with E-state index in [1.807, 2.05) is 13.1 Å². The van der Waals surface area contributed by atoms with E-state index in [0.29, 0.717) is 10.7 Å². The Morgan fingerprint density at radius 1 is 1.38 bits per heavy atom. The molecule has 3 heteroatoms. The molecule has 0 aliphatic rings. The number of nitrogens with zero attached hydrogens (tertiary/aromatic N) is 1. The van der Waals surface area contributed by atoms with Crippen molar-refractivity contribution in [3.05, 3.63) is 23.0 Å². The smallest absolute Gasteiger partial charge is 0.128 e. The fourth-order valence-electron chi connectivity index (χ4n) is 1.74. The minimum atomic E-state index is 0.501. The van der Waals surface area contributed by atoms with Crippen LogP contribution in [0.5, 0.6) is 5.75 Å². The molecule has 0 N–H and O–H groups in total. The summed E-state index contributed by atoms with van der Waals surface area (Å²) in [6.07, 6.45) is 2.88. The van der Waals surface area contributed by atoms with E-state index in [1.54, 1.807) is 7.11 Å². The van der Waals surface area contributed by atoms with Gasteiger partial charge in [-0.05, 0) is 26.2 Å². The van der Waals surface area contributed by atoms with Crippen molar-refractivity contribution in [1.82, 2.24) is 4.98 Å². The third-order valence-electron chi connectivity index (χ3n) is 3.05. The van der Waals surface area contributed by atoms with Gasteiger partial charge in [-0.25, -0.2) is 0 Å². The SMILES string of the molecule is COc1c(C)cnc(CC(C)C(C)Br)c1C. The van der Waals surface area contributed by atoms with E-state index >= 15 is 0 Å². The van der Waals surface area contributed by atoms with E-state index in [0.717, 1.165) is 23.4 Å². The highest BCUT2D eigenvalue weighted by Gasteiger charge is 2.15. The van der Waals surface area contributed by atoms with Gasteiger partial charge in [0.05, 0.1) is 7.11 Å². The first-order valence-electron chi connectivity index (χ1n) is 5.60. The van der Waals surface area contributed by atoms with Crippen LogP contribution < -0.4 is 4.74 Å². The Balaban J connectivity index is 2.98. The Labute approximate surface area is 107 Å². The van der Waals surface area contributed by atoms with Crippen molar-refractivity contribution >= 4 is 15.9 Å². The molecule has 0 fully saturated rings. The van der Waals surface area contributed by atoms with Crippen molar-refractivity contribution in [2.75, 3.05) is 7.11 Å². The highest BCUT2D eigenvalue weighted by molar-refractivity contribution is 9.09. The first-order valence-corrected chi connectivity index (χ1v) is 6.52. The minimum Gasteiger partial charge on any atom is -0.496 e. The van der Waals surface area contributed by atoms with Crippen LogP contribution in [0.25, 0.3) is 0 Å². The fraction of sp³-hybridized carbons (Fsp3) is 0.615. The molecule has 2 atom stereocenters. The first kappa shape index (κ1) is 13.5. The lowest BCUT2D eigenvalue weighted by Gasteiger charge is -2.17. The molecule has 1 heterocycles. The first-order chi connectivity index (χ1) is 7.47. The van der Waals surface area contributed by atoms with Crippen LogP contribution in [0, 0.1) is 19.8 Å². The van der Waals surface area contributed by atoms with Crippen LogP contribution in [-0.2, 0) is 6.42 Å². The molecule has 1 rings (SSSR count). The Morgan fingerprint density at radius 3 is 2.50 bits per heavy atom. The van der Waals surface area contributed by atoms with Crippen LogP contribution in [0.15, 0.2) is 6.20 Å². The number of alkyl halides is 1. The molecule has 0 aromatic carbocycles. The van der Waals surface area contributed by atoms with Gasteiger partial charge >= 0.3 is 0 Å². The van der Waals surface area contributed by atoms with E-state index in [9.17, 15) is 0 Å². The Morgan fingerprint density at radius 2 is 2.00 bits per heavy atom. The normalized spacial score (nSPS) is 14.6. The Kier molecular flexibility index (Phi) is 4.78. The molecule has 0 amide bonds. The zero-order valence-corrected chi connectivity index (χ0v) is 12.3. The molecular weight excluding hydrogens is 266 g/mol. The van der Waals surface area contributed by atoms with Crippen LogP contribution in [0.3, 0.4) is 0 Å². The van der Waals surface area contributed by atoms with Crippen molar-refractivity contribution in [3.8, 4) is 5.75 Å². The highest BCUT2D eigenvalue weighted by atomic mass is 79.9. The summed E-state index contributed by atoms with van der Waals surface area (Å²) in [6.45, 7) is 8.51. The van der Waals surface area contributed by atoms with Crippen molar-refractivity contribution in [2.45, 2.75) is 38.9 Å². The summed E-state index contributed by atoms with van der Waals surface area (Å²) < 4.78 is 5.41. The summed E-state index contributed by atoms with van der Waals surface area (Å²) in [6, 6.07) is 0. The number of halogens is 1. The van der Waals surface area contributed by atoms with Crippen molar-refractivity contribution < 1.29 is 4.74 Å². The topological polar surface area (TPSA) is 22.1 Å². The van der Waals surface area contributed by atoms with E-state index in [4.69, 9.17) is 4.74 Å². The van der Waals surface area contributed by atoms with Crippen LogP contribution >= 0.6 is 15.9 Å². The number of pyridine rings is 1. The molecule has 90 valence electrons. The Bertz CT molecular complexity index is 363. The van der Waals surface area contributed by atoms with Crippen LogP contribution in [-0.4, -0.2) is 16.9 Å². The van der Waals surface area contributed by atoms with E-state index in [2.05, 4.69) is 41.7 Å². The maximum atomic E-state index is 5.41. The minimum absolute atomic E-state index is 0.501. The second-order valence-corrected chi connectivity index (χ2v) is 5.85. The number of aromatic nitrogens is 1. The van der Waals surface area contributed by atoms with Gasteiger partial charge in [-0.15, -0.1) is 0 Å². The van der Waals surface area contributed by atoms with Gasteiger partial charge in [0.25, 0.3) is 0 Å². The molecule has 1 aromatic heterocycles. The molecule has 2 unspecified atom stereocenters. The van der Waals surface area contributed by atoms with Crippen molar-refractivity contribution in [1.29, 1.82) is 0 Å². The zero-order valence-electron chi connectivity index (χ0n) is 10.7. The lowest BCUT2D eigenvalue weighted by atomic mass is 9.98. The molecule has 0 aliphatic heterocycles. The van der Waals surface area contributed by atoms with Crippen LogP contribution in [0.2, 0.25) is 0 Å². The Hall–Kier alpha value is -0.570. The molecule has 0 aliphatic carbocycles. The van der Waals surface area contributed by atoms with Crippen molar-refractivity contribution in [2.24, 2.45) is 5.92 Å². The summed E-state index contributed by atoms with van der Waals surface area (Å²) in [5, 5.41) is 0. The van der Waals surface area contributed by atoms with Gasteiger partial charge in [-0.1, -0.05) is 29.8 Å². The monoisotopic (exact) mass is 285 g/mol. The maximum absolute atomic E-state index is 5.41. The predicted octanol–water partition coefficient (Wildman–Crippen LogP) is 3.67. The largest absolute Gasteiger partial charge is 0.496 e. The average molecular weight is 286 g/mol. The quantitative estimate of drug-likeness (QED) is 0.788. The number of hydrogen-bond donors (Lipinski definition) is 0. The van der Waals surface area contributed by atoms with Gasteiger partial charge in [0, 0.05) is 27.8 Å². The van der Waals surface area contributed by atoms with Gasteiger partial charge in [0.2, 0.25) is 0 Å². The van der Waals surface area contributed by atoms with Gasteiger partial charge in [0.1, 0.15) is 5.75 Å². The van der Waals surface area contributed by atoms with E-state index in [1.165, 1.54) is 5.56 Å². The van der Waals surface area contributed by atoms with Crippen molar-refractivity contribution in [3.63, 3.8) is 0 Å². The summed E-state index contributed by atoms with van der Waals surface area (Å²) in [5.41, 5.74) is 3.41. The molecule has 0 saturated heterocycles. The second-order valence-electron chi connectivity index (χ2n) is 4.41. The van der Waals surface area contributed by atoms with Crippen LogP contribution in [0.4, 0.5) is 0 Å². The third kappa shape index (κ3) is 2.97. The summed E-state index contributed by atoms with van der Waals surface area (Å²) in [7, 11) is 1.72. The summed E-state index contributed by atoms with van der Waals surface area (Å²) in [5.74, 6) is 1.54. The predicted molar refractivity (Wildman–Crippen MR) is 71.5 cm³/mol. The lowest BCUT2D eigenvalue weighted by Crippen LogP contribution is -2.12. The molecule has 2 nitrogen and oxygen atoms in total. The van der Waals surface area contributed by atoms with E-state index < -0.39 is 0 Å². The van der Waals surface area contributed by atoms with Crippen LogP contribution in [0.1, 0.15) is 30.7 Å². The lowest BCUT2D eigenvalue weighted by molar-refractivity contribution is 0.406. The van der Waals surface area contributed by atoms with E-state index in [-0.39, 0.29) is 0 Å². The molecule has 0 saturated carbocycles. The average Bonchev–Trinajstić information content (AvgIpc) is 2.22. The highest BCUT2D eigenvalue weighted by Crippen LogP contribution is 2.26. The van der Waals surface area contributed by atoms with Gasteiger partial charge in [-0.2, -0.15) is 0 Å². The number of hydrogen-bond acceptors (Lipinski definition) is 2. The molecule has 0 radical (unpaired) electrons. The summed E-state index contributed by atoms with van der Waals surface area (Å²) in [4.78, 5) is 5.01. The molecule has 1 aromatic rings. The zero-order chi connectivity index (χ0) is 12.3. The number of ether oxygens (including phenoxy) is 1. The fourth-order valence-corrected chi connectivity index (χ4v) is 1.93. The molecule has 0 bridgehead atoms. The van der Waals surface area contributed by atoms with Gasteiger partial charge in [0.15, 0.2) is 0 Å². The second kappa shape index (κ2) is 5.67. The van der Waals surface area contributed by atoms with Gasteiger partial charge < -0.3 is 4.74 Å². The third-order valence-corrected chi connectivity index (χ3v) is 3.95. The number of aryl methyl sites for hydroxylation is 1. The molecule has 0 spiro atoms. The summed E-state index contributed by atoms with van der Waals surface area (Å²) >= 11 is 3.61. The van der Waals surface area contributed by atoms with Gasteiger partial charge in [-0.3, -0.25) is 4.98 Å². The molecular formula is C13H20BrNO. The number of methoxy groups -OCH3 is 1. The maximum Gasteiger partial charge on any atom is 0.128 e. The molecule has 16 heavy (non-hydrogen) atoms. The standard InChI is InChI=1S/C13H20BrNO/c1-8(11(4)14)6-12-10(3)13(16-5)9(2)7-15-12/h7-8,11H,6H2,1-5H3. The number of rotatable bonds is 4.